The van der Waals surface area contributed by atoms with Crippen LogP contribution >= 0.6 is 0 Å². The van der Waals surface area contributed by atoms with E-state index >= 15 is 0 Å². The number of nitrogens with one attached hydrogen (secondary N) is 2. The fourth-order valence-corrected chi connectivity index (χ4v) is 8.35. The van der Waals surface area contributed by atoms with Crippen molar-refractivity contribution in [2.24, 2.45) is 22.9 Å². The molecule has 1 saturated heterocycles. The van der Waals surface area contributed by atoms with E-state index in [1.807, 2.05) is 0 Å². The summed E-state index contributed by atoms with van der Waals surface area (Å²) in [5.41, 5.74) is 3.21. The fraction of sp³-hybridized carbons (Fsp3) is 0.848. The van der Waals surface area contributed by atoms with E-state index in [0.29, 0.717) is 25.2 Å². The molecule has 4 aliphatic rings. The number of ether oxygens (including phenoxy) is 1. The Balaban J connectivity index is 1.65. The van der Waals surface area contributed by atoms with Gasteiger partial charge in [0.25, 0.3) is 0 Å². The molecule has 3 saturated carbocycles. The van der Waals surface area contributed by atoms with E-state index in [1.54, 1.807) is 41.5 Å². The Morgan fingerprint density at radius 2 is 1.71 bits per heavy atom. The van der Waals surface area contributed by atoms with Crippen LogP contribution < -0.4 is 22.2 Å². The Kier molecular flexibility index (Phi) is 10.4. The maximum atomic E-state index is 14.6. The van der Waals surface area contributed by atoms with E-state index in [0.717, 1.165) is 51.4 Å². The molecule has 2 bridgehead atoms. The van der Waals surface area contributed by atoms with Gasteiger partial charge in [0.15, 0.2) is 0 Å². The van der Waals surface area contributed by atoms with Gasteiger partial charge >= 0.3 is 6.09 Å². The van der Waals surface area contributed by atoms with Gasteiger partial charge in [-0.2, -0.15) is 0 Å². The number of alkyl carbamates (subject to hydrolysis) is 1. The predicted octanol–water partition coefficient (Wildman–Crippen LogP) is 2.77. The summed E-state index contributed by atoms with van der Waals surface area (Å²) in [5, 5.41) is 28.9. The van der Waals surface area contributed by atoms with Crippen LogP contribution in [0.15, 0.2) is 11.9 Å². The van der Waals surface area contributed by atoms with Gasteiger partial charge in [0, 0.05) is 19.2 Å². The zero-order valence-corrected chi connectivity index (χ0v) is 28.2. The van der Waals surface area contributed by atoms with Crippen molar-refractivity contribution in [3.63, 3.8) is 0 Å². The lowest BCUT2D eigenvalue weighted by Gasteiger charge is -2.42. The van der Waals surface area contributed by atoms with Crippen LogP contribution in [0.25, 0.3) is 0 Å². The van der Waals surface area contributed by atoms with E-state index in [2.05, 4.69) is 10.6 Å². The van der Waals surface area contributed by atoms with Gasteiger partial charge in [0.1, 0.15) is 23.3 Å². The summed E-state index contributed by atoms with van der Waals surface area (Å²) >= 11 is 0. The minimum absolute atomic E-state index is 0.0361. The molecule has 0 spiro atoms. The molecule has 1 aliphatic heterocycles. The van der Waals surface area contributed by atoms with Gasteiger partial charge in [-0.1, -0.05) is 19.3 Å². The van der Waals surface area contributed by atoms with Crippen molar-refractivity contribution >= 4 is 17.9 Å². The number of amides is 3. The summed E-state index contributed by atoms with van der Waals surface area (Å²) in [6.07, 6.45) is 9.86. The summed E-state index contributed by atoms with van der Waals surface area (Å²) < 4.78 is 5.57. The van der Waals surface area contributed by atoms with E-state index < -0.39 is 47.1 Å². The summed E-state index contributed by atoms with van der Waals surface area (Å²) in [5.74, 6) is 6.46. The van der Waals surface area contributed by atoms with Crippen LogP contribution in [-0.2, 0) is 14.3 Å². The molecule has 0 aromatic rings. The highest BCUT2D eigenvalue weighted by Crippen LogP contribution is 2.56. The van der Waals surface area contributed by atoms with Crippen molar-refractivity contribution in [1.29, 1.82) is 0 Å². The van der Waals surface area contributed by atoms with Crippen LogP contribution in [-0.4, -0.2) is 85.5 Å². The molecule has 12 heteroatoms. The topological polar surface area (TPSA) is 183 Å². The van der Waals surface area contributed by atoms with Crippen molar-refractivity contribution in [3.8, 4) is 0 Å². The van der Waals surface area contributed by atoms with Crippen LogP contribution in [0.1, 0.15) is 119 Å². The highest BCUT2D eigenvalue weighted by molar-refractivity contribution is 5.92. The largest absolute Gasteiger partial charge is 0.444 e. The number of aliphatic hydroxyl groups excluding tert-OH is 1. The van der Waals surface area contributed by atoms with E-state index in [4.69, 9.17) is 16.3 Å². The summed E-state index contributed by atoms with van der Waals surface area (Å²) in [6, 6.07) is -2.34. The zero-order chi connectivity index (χ0) is 33.4. The van der Waals surface area contributed by atoms with Crippen molar-refractivity contribution < 1.29 is 29.3 Å². The number of nitrogens with two attached hydrogens (primary N) is 2. The van der Waals surface area contributed by atoms with E-state index in [1.165, 1.54) is 16.1 Å². The Bertz CT molecular complexity index is 1110. The minimum atomic E-state index is -1.36. The molecule has 3 amide bonds. The Hall–Kier alpha value is -2.57. The normalized spacial score (nSPS) is 29.7. The molecule has 8 N–H and O–H groups in total. The van der Waals surface area contributed by atoms with Gasteiger partial charge in [-0.05, 0) is 104 Å². The molecule has 4 fully saturated rings. The lowest BCUT2D eigenvalue weighted by molar-refractivity contribution is -0.142. The first-order valence-electron chi connectivity index (χ1n) is 16.9. The van der Waals surface area contributed by atoms with Crippen molar-refractivity contribution in [1.82, 2.24) is 20.5 Å². The molecule has 45 heavy (non-hydrogen) atoms. The third-order valence-electron chi connectivity index (χ3n) is 10.8. The fourth-order valence-electron chi connectivity index (χ4n) is 8.35. The summed E-state index contributed by atoms with van der Waals surface area (Å²) in [7, 11) is 0. The van der Waals surface area contributed by atoms with Crippen molar-refractivity contribution in [2.45, 2.75) is 160 Å². The number of rotatable bonds is 10. The average molecular weight is 635 g/mol. The van der Waals surface area contributed by atoms with Gasteiger partial charge in [-0.25, -0.2) is 10.6 Å². The number of nitrogens with zero attached hydrogens (tertiary/aromatic N) is 2. The Morgan fingerprint density at radius 1 is 1.09 bits per heavy atom. The number of carbonyl (C=O) groups is 3. The summed E-state index contributed by atoms with van der Waals surface area (Å²) in [6.45, 7) is 10.2. The molecular weight excluding hydrogens is 576 g/mol. The standard InChI is InChI=1S/C33H58N6O6/c1-21(40)33(12-8-7-9-13-33)37-27(41)25-16-23(39(35)26(19-34)31(5,6)44)20-38(25)28(42)24(36-29(43)45-30(2,3)4)18-32-14-10-22(17-32)11-15-32/h19,21-25,40,44H,7-18,20,34-35H2,1-6H3,(H,36,43)(H,37,41)/b26-19-. The molecule has 0 radical (unpaired) electrons. The molecular formula is C33H58N6O6. The van der Waals surface area contributed by atoms with Crippen LogP contribution in [0.4, 0.5) is 4.79 Å². The van der Waals surface area contributed by atoms with Gasteiger partial charge in [-0.15, -0.1) is 0 Å². The van der Waals surface area contributed by atoms with Crippen LogP contribution in [0.5, 0.6) is 0 Å². The predicted molar refractivity (Wildman–Crippen MR) is 171 cm³/mol. The molecule has 3 aliphatic carbocycles. The smallest absolute Gasteiger partial charge is 0.408 e. The van der Waals surface area contributed by atoms with Crippen LogP contribution in [0.2, 0.25) is 0 Å². The number of fused-ring (bicyclic) bond motifs is 2. The SMILES string of the molecule is CC(O)C1(NC(=O)C2CC(N(N)/C(=C\N)C(C)(C)O)CN2C(=O)C(CC23CCC(CC2)C3)NC(=O)OC(C)(C)C)CCCCC1. The second-order valence-electron chi connectivity index (χ2n) is 15.8. The van der Waals surface area contributed by atoms with Gasteiger partial charge in [0.05, 0.1) is 23.4 Å². The number of likely N-dealkylation sites (tertiary alicyclic amines) is 1. The van der Waals surface area contributed by atoms with Crippen LogP contribution in [0.3, 0.4) is 0 Å². The molecule has 256 valence electrons. The Morgan fingerprint density at radius 3 is 2.20 bits per heavy atom. The maximum absolute atomic E-state index is 14.6. The van der Waals surface area contributed by atoms with Gasteiger partial charge < -0.3 is 41.2 Å². The third kappa shape index (κ3) is 8.05. The number of hydrogen-bond acceptors (Lipinski definition) is 9. The van der Waals surface area contributed by atoms with Gasteiger partial charge in [0.2, 0.25) is 11.8 Å². The quantitative estimate of drug-likeness (QED) is 0.155. The first-order chi connectivity index (χ1) is 20.9. The highest BCUT2D eigenvalue weighted by Gasteiger charge is 2.51. The second kappa shape index (κ2) is 13.3. The number of hydrogen-bond donors (Lipinski definition) is 6. The number of carbonyl (C=O) groups excluding carboxylic acids is 3. The molecule has 4 atom stereocenters. The number of hydrazine groups is 1. The molecule has 12 nitrogen and oxygen atoms in total. The van der Waals surface area contributed by atoms with Gasteiger partial charge in [-0.3, -0.25) is 9.59 Å². The lowest BCUT2D eigenvalue weighted by Crippen LogP contribution is -2.61. The molecule has 1 heterocycles. The van der Waals surface area contributed by atoms with Crippen molar-refractivity contribution in [2.75, 3.05) is 6.54 Å². The first-order valence-corrected chi connectivity index (χ1v) is 16.9. The minimum Gasteiger partial charge on any atom is -0.444 e. The molecule has 4 unspecified atom stereocenters. The number of aliphatic hydroxyl groups is 2. The second-order valence-corrected chi connectivity index (χ2v) is 15.8. The third-order valence-corrected chi connectivity index (χ3v) is 10.8. The van der Waals surface area contributed by atoms with E-state index in [9.17, 15) is 24.6 Å². The highest BCUT2D eigenvalue weighted by atomic mass is 16.6. The lowest BCUT2D eigenvalue weighted by atomic mass is 9.77. The van der Waals surface area contributed by atoms with E-state index in [-0.39, 0.29) is 35.9 Å². The van der Waals surface area contributed by atoms with Crippen LogP contribution in [0, 0.1) is 11.3 Å². The molecule has 4 rings (SSSR count). The average Bonchev–Trinajstić information content (AvgIpc) is 3.66. The molecule has 0 aromatic carbocycles. The molecule has 0 aromatic heterocycles. The monoisotopic (exact) mass is 634 g/mol. The zero-order valence-electron chi connectivity index (χ0n) is 28.2. The Labute approximate surface area is 268 Å². The first kappa shape index (κ1) is 35.3. The maximum Gasteiger partial charge on any atom is 0.408 e. The van der Waals surface area contributed by atoms with Crippen molar-refractivity contribution in [3.05, 3.63) is 11.9 Å². The summed E-state index contributed by atoms with van der Waals surface area (Å²) in [4.78, 5) is 43.4.